The van der Waals surface area contributed by atoms with E-state index >= 15 is 0 Å². The Morgan fingerprint density at radius 3 is 2.25 bits per heavy atom. The zero-order valence-corrected chi connectivity index (χ0v) is 24.7. The zero-order valence-electron chi connectivity index (χ0n) is 22.4. The molecule has 1 fully saturated rings. The molecule has 2 amide bonds. The van der Waals surface area contributed by atoms with Gasteiger partial charge in [-0.05, 0) is 60.2 Å². The first-order valence-electron chi connectivity index (χ1n) is 12.6. The molecule has 0 aromatic heterocycles. The molecule has 10 heteroatoms. The number of alkyl halides is 2. The molecular formula is C30H30BrClF2N4O2. The summed E-state index contributed by atoms with van der Waals surface area (Å²) >= 11 is 9.74. The number of nitrogens with zero attached hydrogens (tertiary/aromatic N) is 1. The number of benzene rings is 3. The van der Waals surface area contributed by atoms with E-state index in [-0.39, 0.29) is 23.0 Å². The van der Waals surface area contributed by atoms with E-state index in [9.17, 15) is 18.4 Å². The minimum atomic E-state index is -2.75. The molecule has 1 heterocycles. The topological polar surface area (TPSA) is 73.5 Å². The highest BCUT2D eigenvalue weighted by Gasteiger charge is 2.44. The Balaban J connectivity index is 1.56. The number of halogens is 4. The third kappa shape index (κ3) is 7.20. The summed E-state index contributed by atoms with van der Waals surface area (Å²) in [7, 11) is 0. The van der Waals surface area contributed by atoms with Crippen molar-refractivity contribution in [2.75, 3.05) is 28.6 Å². The van der Waals surface area contributed by atoms with Crippen LogP contribution < -0.4 is 20.9 Å². The van der Waals surface area contributed by atoms with Gasteiger partial charge in [0.2, 0.25) is 5.91 Å². The molecule has 1 saturated heterocycles. The molecule has 3 N–H and O–H groups in total. The van der Waals surface area contributed by atoms with Crippen LogP contribution in [0.1, 0.15) is 42.3 Å². The third-order valence-corrected chi connectivity index (χ3v) is 7.17. The van der Waals surface area contributed by atoms with Gasteiger partial charge in [-0.2, -0.15) is 0 Å². The van der Waals surface area contributed by atoms with Crippen LogP contribution in [0.4, 0.5) is 25.8 Å². The highest BCUT2D eigenvalue weighted by atomic mass is 79.9. The van der Waals surface area contributed by atoms with Crippen LogP contribution >= 0.6 is 27.5 Å². The van der Waals surface area contributed by atoms with Crippen molar-refractivity contribution in [3.63, 3.8) is 0 Å². The molecule has 40 heavy (non-hydrogen) atoms. The fourth-order valence-electron chi connectivity index (χ4n) is 4.09. The van der Waals surface area contributed by atoms with E-state index in [4.69, 9.17) is 11.6 Å². The fourth-order valence-corrected chi connectivity index (χ4v) is 4.56. The van der Waals surface area contributed by atoms with Crippen molar-refractivity contribution in [1.82, 2.24) is 5.32 Å². The maximum absolute atomic E-state index is 13.7. The first-order valence-corrected chi connectivity index (χ1v) is 13.8. The van der Waals surface area contributed by atoms with E-state index in [0.717, 1.165) is 10.2 Å². The molecular weight excluding hydrogens is 602 g/mol. The second-order valence-corrected chi connectivity index (χ2v) is 12.1. The second-order valence-electron chi connectivity index (χ2n) is 10.8. The Morgan fingerprint density at radius 2 is 1.62 bits per heavy atom. The molecule has 0 unspecified atom stereocenters. The van der Waals surface area contributed by atoms with Gasteiger partial charge in [0, 0.05) is 44.8 Å². The van der Waals surface area contributed by atoms with Crippen molar-refractivity contribution in [2.45, 2.75) is 33.2 Å². The Hall–Kier alpha value is -3.43. The summed E-state index contributed by atoms with van der Waals surface area (Å²) in [6.07, 6.45) is 0. The summed E-state index contributed by atoms with van der Waals surface area (Å²) in [5.41, 5.74) is 3.26. The summed E-state index contributed by atoms with van der Waals surface area (Å²) in [5, 5.41) is 9.18. The molecule has 0 bridgehead atoms. The monoisotopic (exact) mass is 630 g/mol. The predicted molar refractivity (Wildman–Crippen MR) is 161 cm³/mol. The number of nitrogens with one attached hydrogen (secondary N) is 3. The molecule has 0 saturated carbocycles. The predicted octanol–water partition coefficient (Wildman–Crippen LogP) is 7.56. The third-order valence-electron chi connectivity index (χ3n) is 6.31. The van der Waals surface area contributed by atoms with Gasteiger partial charge in [-0.3, -0.25) is 9.59 Å². The molecule has 1 aliphatic heterocycles. The van der Waals surface area contributed by atoms with Crippen molar-refractivity contribution in [3.05, 3.63) is 93.4 Å². The van der Waals surface area contributed by atoms with Crippen molar-refractivity contribution in [3.8, 4) is 0 Å². The van der Waals surface area contributed by atoms with Crippen molar-refractivity contribution in [2.24, 2.45) is 5.41 Å². The first-order chi connectivity index (χ1) is 18.7. The van der Waals surface area contributed by atoms with E-state index in [1.165, 1.54) is 0 Å². The number of anilines is 3. The molecule has 6 nitrogen and oxygen atoms in total. The summed E-state index contributed by atoms with van der Waals surface area (Å²) in [6.45, 7) is 9.04. The summed E-state index contributed by atoms with van der Waals surface area (Å²) in [6, 6.07) is 17.5. The van der Waals surface area contributed by atoms with Crippen LogP contribution in [-0.2, 0) is 11.3 Å². The smallest absolute Gasteiger partial charge is 0.282 e. The van der Waals surface area contributed by atoms with Gasteiger partial charge in [0.1, 0.15) is 0 Å². The van der Waals surface area contributed by atoms with Gasteiger partial charge in [-0.25, -0.2) is 8.78 Å². The lowest BCUT2D eigenvalue weighted by Crippen LogP contribution is -2.56. The lowest BCUT2D eigenvalue weighted by Gasteiger charge is -2.41. The lowest BCUT2D eigenvalue weighted by atomic mass is 9.95. The number of rotatable bonds is 8. The van der Waals surface area contributed by atoms with Gasteiger partial charge in [0.05, 0.1) is 23.7 Å². The number of amides is 2. The zero-order chi connectivity index (χ0) is 29.2. The van der Waals surface area contributed by atoms with Crippen molar-refractivity contribution >= 4 is 62.1 Å². The number of hydrogen-bond donors (Lipinski definition) is 3. The van der Waals surface area contributed by atoms with Crippen LogP contribution in [0.15, 0.2) is 71.7 Å². The summed E-state index contributed by atoms with van der Waals surface area (Å²) in [4.78, 5) is 27.0. The molecule has 0 spiro atoms. The molecule has 0 radical (unpaired) electrons. The largest absolute Gasteiger partial charge is 0.359 e. The minimum Gasteiger partial charge on any atom is -0.359 e. The molecule has 210 valence electrons. The van der Waals surface area contributed by atoms with Crippen molar-refractivity contribution in [1.29, 1.82) is 0 Å². The average Bonchev–Trinajstić information content (AvgIpc) is 2.87. The fraction of sp³-hybridized carbons (Fsp3) is 0.267. The van der Waals surface area contributed by atoms with Gasteiger partial charge in [-0.1, -0.05) is 60.9 Å². The molecule has 1 aliphatic rings. The SMILES string of the molecule is C=C(Nc1ccc(Br)cc1)c1cc(NC(=O)c2cc(CNC(=O)C(C)(C)C)ccc2Cl)ccc1N1CC(F)(F)C1. The van der Waals surface area contributed by atoms with Crippen LogP contribution in [0, 0.1) is 5.41 Å². The van der Waals surface area contributed by atoms with Crippen LogP contribution in [0.5, 0.6) is 0 Å². The van der Waals surface area contributed by atoms with Gasteiger partial charge in [0.25, 0.3) is 11.8 Å². The highest BCUT2D eigenvalue weighted by Crippen LogP contribution is 2.38. The maximum Gasteiger partial charge on any atom is 0.282 e. The minimum absolute atomic E-state index is 0.113. The van der Waals surface area contributed by atoms with Gasteiger partial charge in [0.15, 0.2) is 0 Å². The standard InChI is InChI=1S/C30H30BrClF2N4O2/c1-18(36-21-8-6-20(31)7-9-21)23-14-22(10-12-26(23)38-16-30(33,34)17-38)37-27(39)24-13-19(5-11-25(24)32)15-35-28(40)29(2,3)4/h5-14,36H,1,15-17H2,2-4H3,(H,35,40)(H,37,39). The van der Waals surface area contributed by atoms with E-state index in [1.807, 2.05) is 45.0 Å². The van der Waals surface area contributed by atoms with E-state index < -0.39 is 30.3 Å². The summed E-state index contributed by atoms with van der Waals surface area (Å²) < 4.78 is 28.3. The molecule has 3 aromatic rings. The Kier molecular flexibility index (Phi) is 8.56. The molecule has 0 aliphatic carbocycles. The van der Waals surface area contributed by atoms with Crippen LogP contribution in [0.2, 0.25) is 5.02 Å². The number of hydrogen-bond acceptors (Lipinski definition) is 4. The van der Waals surface area contributed by atoms with Crippen LogP contribution in [0.3, 0.4) is 0 Å². The molecule has 0 atom stereocenters. The summed E-state index contributed by atoms with van der Waals surface area (Å²) in [5.74, 6) is -3.31. The second kappa shape index (κ2) is 11.6. The number of carbonyl (C=O) groups excluding carboxylic acids is 2. The van der Waals surface area contributed by atoms with Gasteiger partial charge < -0.3 is 20.9 Å². The van der Waals surface area contributed by atoms with Crippen molar-refractivity contribution < 1.29 is 18.4 Å². The Bertz CT molecular complexity index is 1450. The number of carbonyl (C=O) groups is 2. The van der Waals surface area contributed by atoms with Gasteiger partial charge in [-0.15, -0.1) is 0 Å². The van der Waals surface area contributed by atoms with Crippen LogP contribution in [0.25, 0.3) is 5.70 Å². The molecule has 4 rings (SSSR count). The average molecular weight is 632 g/mol. The molecule has 3 aromatic carbocycles. The Labute approximate surface area is 245 Å². The van der Waals surface area contributed by atoms with Gasteiger partial charge >= 0.3 is 0 Å². The van der Waals surface area contributed by atoms with E-state index in [2.05, 4.69) is 38.5 Å². The first kappa shape index (κ1) is 29.6. The lowest BCUT2D eigenvalue weighted by molar-refractivity contribution is -0.128. The quantitative estimate of drug-likeness (QED) is 0.240. The maximum atomic E-state index is 13.7. The normalized spacial score (nSPS) is 14.2. The van der Waals surface area contributed by atoms with Crippen LogP contribution in [-0.4, -0.2) is 30.8 Å². The Morgan fingerprint density at radius 1 is 0.975 bits per heavy atom. The van der Waals surface area contributed by atoms with E-state index in [0.29, 0.717) is 28.2 Å². The van der Waals surface area contributed by atoms with E-state index in [1.54, 1.807) is 41.3 Å². The highest BCUT2D eigenvalue weighted by molar-refractivity contribution is 9.10.